The molecular formula is C19H21FN2O3. The van der Waals surface area contributed by atoms with Crippen LogP contribution in [0.25, 0.3) is 0 Å². The Bertz CT molecular complexity index is 717. The Hall–Kier alpha value is -2.89. The molecule has 0 radical (unpaired) electrons. The summed E-state index contributed by atoms with van der Waals surface area (Å²) in [6.07, 6.45) is 0.530. The lowest BCUT2D eigenvalue weighted by atomic mass is 10.1. The predicted octanol–water partition coefficient (Wildman–Crippen LogP) is 2.91. The first-order valence-electron chi connectivity index (χ1n) is 8.11. The number of nitrogens with one attached hydrogen (secondary N) is 2. The number of rotatable bonds is 8. The van der Waals surface area contributed by atoms with Gasteiger partial charge in [-0.05, 0) is 49.2 Å². The van der Waals surface area contributed by atoms with Crippen molar-refractivity contribution < 1.29 is 18.7 Å². The van der Waals surface area contributed by atoms with Gasteiger partial charge in [-0.1, -0.05) is 18.2 Å². The van der Waals surface area contributed by atoms with E-state index in [2.05, 4.69) is 10.6 Å². The van der Waals surface area contributed by atoms with E-state index in [0.717, 1.165) is 0 Å². The second-order valence-electron chi connectivity index (χ2n) is 5.41. The van der Waals surface area contributed by atoms with Crippen molar-refractivity contribution in [2.75, 3.05) is 18.5 Å². The van der Waals surface area contributed by atoms with Crippen molar-refractivity contribution in [2.45, 2.75) is 19.8 Å². The molecule has 0 unspecified atom stereocenters. The zero-order chi connectivity index (χ0) is 18.1. The molecule has 0 bridgehead atoms. The summed E-state index contributed by atoms with van der Waals surface area (Å²) in [5, 5.41) is 5.38. The highest BCUT2D eigenvalue weighted by molar-refractivity contribution is 5.90. The number of carbonyl (C=O) groups is 2. The highest BCUT2D eigenvalue weighted by Crippen LogP contribution is 2.16. The summed E-state index contributed by atoms with van der Waals surface area (Å²) >= 11 is 0. The summed E-state index contributed by atoms with van der Waals surface area (Å²) in [6.45, 7) is 2.34. The summed E-state index contributed by atoms with van der Waals surface area (Å²) in [6, 6.07) is 13.1. The topological polar surface area (TPSA) is 67.4 Å². The molecule has 6 heteroatoms. The SMILES string of the molecule is CCNC(=O)COc1ccc(NC(=O)CCc2ccccc2F)cc1. The number of benzene rings is 2. The van der Waals surface area contributed by atoms with Gasteiger partial charge >= 0.3 is 0 Å². The third kappa shape index (κ3) is 6.25. The van der Waals surface area contributed by atoms with E-state index in [1.807, 2.05) is 6.92 Å². The molecule has 0 aliphatic heterocycles. The van der Waals surface area contributed by atoms with E-state index in [4.69, 9.17) is 4.74 Å². The molecule has 0 heterocycles. The first-order valence-corrected chi connectivity index (χ1v) is 8.11. The number of likely N-dealkylation sites (N-methyl/N-ethyl adjacent to an activating group) is 1. The Labute approximate surface area is 146 Å². The Balaban J connectivity index is 1.79. The Kier molecular flexibility index (Phi) is 6.95. The molecule has 0 fully saturated rings. The predicted molar refractivity (Wildman–Crippen MR) is 94.0 cm³/mol. The minimum Gasteiger partial charge on any atom is -0.484 e. The molecule has 25 heavy (non-hydrogen) atoms. The largest absolute Gasteiger partial charge is 0.484 e. The van der Waals surface area contributed by atoms with Crippen LogP contribution in [0.4, 0.5) is 10.1 Å². The highest BCUT2D eigenvalue weighted by atomic mass is 19.1. The molecule has 2 amide bonds. The minimum absolute atomic E-state index is 0.0534. The molecule has 0 saturated heterocycles. The van der Waals surface area contributed by atoms with Gasteiger partial charge in [0.15, 0.2) is 6.61 Å². The van der Waals surface area contributed by atoms with Crippen molar-refractivity contribution in [1.82, 2.24) is 5.32 Å². The van der Waals surface area contributed by atoms with Crippen LogP contribution in [0.15, 0.2) is 48.5 Å². The highest BCUT2D eigenvalue weighted by Gasteiger charge is 2.07. The van der Waals surface area contributed by atoms with Gasteiger partial charge in [0.2, 0.25) is 5.91 Å². The summed E-state index contributed by atoms with van der Waals surface area (Å²) in [4.78, 5) is 23.3. The quantitative estimate of drug-likeness (QED) is 0.774. The van der Waals surface area contributed by atoms with E-state index in [9.17, 15) is 14.0 Å². The van der Waals surface area contributed by atoms with Gasteiger partial charge < -0.3 is 15.4 Å². The zero-order valence-corrected chi connectivity index (χ0v) is 14.0. The number of hydrogen-bond acceptors (Lipinski definition) is 3. The molecule has 5 nitrogen and oxygen atoms in total. The van der Waals surface area contributed by atoms with E-state index in [1.54, 1.807) is 42.5 Å². The molecule has 0 aliphatic rings. The molecule has 0 spiro atoms. The molecule has 2 aromatic carbocycles. The second-order valence-corrected chi connectivity index (χ2v) is 5.41. The summed E-state index contributed by atoms with van der Waals surface area (Å²) in [5.74, 6) is -0.146. The number of anilines is 1. The van der Waals surface area contributed by atoms with Crippen LogP contribution < -0.4 is 15.4 Å². The van der Waals surface area contributed by atoms with Gasteiger partial charge in [-0.3, -0.25) is 9.59 Å². The smallest absolute Gasteiger partial charge is 0.257 e. The third-order valence-corrected chi connectivity index (χ3v) is 3.46. The molecule has 0 atom stereocenters. The average Bonchev–Trinajstić information content (AvgIpc) is 2.61. The van der Waals surface area contributed by atoms with Gasteiger partial charge in [-0.25, -0.2) is 4.39 Å². The number of carbonyl (C=O) groups excluding carboxylic acids is 2. The number of aryl methyl sites for hydroxylation is 1. The number of hydrogen-bond donors (Lipinski definition) is 2. The summed E-state index contributed by atoms with van der Waals surface area (Å²) < 4.78 is 18.8. The van der Waals surface area contributed by atoms with E-state index < -0.39 is 0 Å². The van der Waals surface area contributed by atoms with Crippen LogP contribution in [0.1, 0.15) is 18.9 Å². The molecular weight excluding hydrogens is 323 g/mol. The van der Waals surface area contributed by atoms with Crippen LogP contribution in [-0.2, 0) is 16.0 Å². The fourth-order valence-corrected chi connectivity index (χ4v) is 2.20. The van der Waals surface area contributed by atoms with Crippen LogP contribution in [-0.4, -0.2) is 25.0 Å². The van der Waals surface area contributed by atoms with E-state index in [-0.39, 0.29) is 30.7 Å². The maximum Gasteiger partial charge on any atom is 0.257 e. The van der Waals surface area contributed by atoms with E-state index in [1.165, 1.54) is 6.07 Å². The Morgan fingerprint density at radius 3 is 2.44 bits per heavy atom. The van der Waals surface area contributed by atoms with Gasteiger partial charge in [-0.2, -0.15) is 0 Å². The van der Waals surface area contributed by atoms with Crippen LogP contribution in [0.2, 0.25) is 0 Å². The standard InChI is InChI=1S/C19H21FN2O3/c1-2-21-19(24)13-25-16-10-8-15(9-11-16)22-18(23)12-7-14-5-3-4-6-17(14)20/h3-6,8-11H,2,7,12-13H2,1H3,(H,21,24)(H,22,23). The maximum absolute atomic E-state index is 13.5. The normalized spacial score (nSPS) is 10.2. The van der Waals surface area contributed by atoms with E-state index >= 15 is 0 Å². The fraction of sp³-hybridized carbons (Fsp3) is 0.263. The molecule has 2 rings (SSSR count). The van der Waals surface area contributed by atoms with Crippen molar-refractivity contribution in [2.24, 2.45) is 0 Å². The lowest BCUT2D eigenvalue weighted by Gasteiger charge is -2.08. The number of halogens is 1. The Morgan fingerprint density at radius 1 is 1.04 bits per heavy atom. The van der Waals surface area contributed by atoms with Crippen molar-refractivity contribution in [3.8, 4) is 5.75 Å². The van der Waals surface area contributed by atoms with Crippen LogP contribution in [0, 0.1) is 5.82 Å². The number of amides is 2. The lowest BCUT2D eigenvalue weighted by Crippen LogP contribution is -2.28. The van der Waals surface area contributed by atoms with Crippen LogP contribution in [0.3, 0.4) is 0 Å². The maximum atomic E-state index is 13.5. The zero-order valence-electron chi connectivity index (χ0n) is 14.0. The lowest BCUT2D eigenvalue weighted by molar-refractivity contribution is -0.123. The summed E-state index contributed by atoms with van der Waals surface area (Å²) in [5.41, 5.74) is 1.13. The van der Waals surface area contributed by atoms with Crippen molar-refractivity contribution in [3.05, 3.63) is 59.9 Å². The monoisotopic (exact) mass is 344 g/mol. The fourth-order valence-electron chi connectivity index (χ4n) is 2.20. The third-order valence-electron chi connectivity index (χ3n) is 3.46. The number of ether oxygens (including phenoxy) is 1. The van der Waals surface area contributed by atoms with Crippen LogP contribution >= 0.6 is 0 Å². The van der Waals surface area contributed by atoms with Crippen molar-refractivity contribution >= 4 is 17.5 Å². The van der Waals surface area contributed by atoms with Gasteiger partial charge in [0, 0.05) is 18.7 Å². The van der Waals surface area contributed by atoms with Crippen LogP contribution in [0.5, 0.6) is 5.75 Å². The molecule has 0 saturated carbocycles. The molecule has 132 valence electrons. The first-order chi connectivity index (χ1) is 12.1. The molecule has 2 aromatic rings. The minimum atomic E-state index is -0.302. The van der Waals surface area contributed by atoms with Crippen molar-refractivity contribution in [1.29, 1.82) is 0 Å². The second kappa shape index (κ2) is 9.42. The van der Waals surface area contributed by atoms with Gasteiger partial charge in [0.25, 0.3) is 5.91 Å². The van der Waals surface area contributed by atoms with Crippen molar-refractivity contribution in [3.63, 3.8) is 0 Å². The molecule has 0 aliphatic carbocycles. The first kappa shape index (κ1) is 18.4. The summed E-state index contributed by atoms with van der Waals surface area (Å²) in [7, 11) is 0. The molecule has 2 N–H and O–H groups in total. The van der Waals surface area contributed by atoms with Gasteiger partial charge in [-0.15, -0.1) is 0 Å². The molecule has 0 aromatic heterocycles. The average molecular weight is 344 g/mol. The van der Waals surface area contributed by atoms with E-state index in [0.29, 0.717) is 30.0 Å². The van der Waals surface area contributed by atoms with Gasteiger partial charge in [0.1, 0.15) is 11.6 Å². The Morgan fingerprint density at radius 2 is 1.76 bits per heavy atom. The van der Waals surface area contributed by atoms with Gasteiger partial charge in [0.05, 0.1) is 0 Å².